The molecule has 0 radical (unpaired) electrons. The molecule has 1 aliphatic carbocycles. The average molecular weight is 310 g/mol. The smallest absolute Gasteiger partial charge is 0.104 e. The van der Waals surface area contributed by atoms with Gasteiger partial charge < -0.3 is 9.47 Å². The fraction of sp³-hybridized carbons (Fsp3) is 1.00. The number of halogens is 1. The van der Waals surface area contributed by atoms with Crippen molar-refractivity contribution in [2.45, 2.75) is 54.7 Å². The van der Waals surface area contributed by atoms with E-state index in [1.54, 1.807) is 0 Å². The summed E-state index contributed by atoms with van der Waals surface area (Å²) in [7, 11) is 0. The highest BCUT2D eigenvalue weighted by Gasteiger charge is 2.27. The van der Waals surface area contributed by atoms with Crippen LogP contribution in [0, 0.1) is 0 Å². The lowest BCUT2D eigenvalue weighted by molar-refractivity contribution is -0.155. The zero-order valence-electron chi connectivity index (χ0n) is 8.58. The van der Waals surface area contributed by atoms with E-state index in [0.717, 1.165) is 13.2 Å². The van der Waals surface area contributed by atoms with Crippen LogP contribution >= 0.6 is 22.6 Å². The quantitative estimate of drug-likeness (QED) is 0.577. The number of hydrogen-bond acceptors (Lipinski definition) is 2. The van der Waals surface area contributed by atoms with E-state index in [0.29, 0.717) is 16.1 Å². The summed E-state index contributed by atoms with van der Waals surface area (Å²) in [6, 6.07) is 0. The van der Waals surface area contributed by atoms with Crippen LogP contribution in [0.25, 0.3) is 0 Å². The van der Waals surface area contributed by atoms with Crippen molar-refractivity contribution < 1.29 is 9.47 Å². The molecule has 0 N–H and O–H groups in total. The second-order valence-electron chi connectivity index (χ2n) is 4.34. The van der Waals surface area contributed by atoms with Gasteiger partial charge in [-0.3, -0.25) is 0 Å². The van der Waals surface area contributed by atoms with E-state index in [1.807, 2.05) is 0 Å². The number of ether oxygens (including phenoxy) is 2. The van der Waals surface area contributed by atoms with Crippen LogP contribution in [0.15, 0.2) is 0 Å². The van der Waals surface area contributed by atoms with Gasteiger partial charge in [-0.25, -0.2) is 0 Å². The molecule has 0 spiro atoms. The maximum Gasteiger partial charge on any atom is 0.104 e. The van der Waals surface area contributed by atoms with E-state index >= 15 is 0 Å². The van der Waals surface area contributed by atoms with E-state index in [2.05, 4.69) is 22.6 Å². The molecule has 0 bridgehead atoms. The number of rotatable bonds is 2. The van der Waals surface area contributed by atoms with Crippen molar-refractivity contribution in [3.8, 4) is 0 Å². The van der Waals surface area contributed by atoms with Crippen LogP contribution in [0.4, 0.5) is 0 Å². The minimum absolute atomic E-state index is 0.400. The number of hydrogen-bond donors (Lipinski definition) is 0. The molecule has 2 atom stereocenters. The van der Waals surface area contributed by atoms with Gasteiger partial charge in [0.2, 0.25) is 0 Å². The van der Waals surface area contributed by atoms with Crippen LogP contribution in [0.3, 0.4) is 0 Å². The first kappa shape index (κ1) is 11.1. The van der Waals surface area contributed by atoms with E-state index in [9.17, 15) is 0 Å². The molecule has 1 aliphatic heterocycles. The van der Waals surface area contributed by atoms with Gasteiger partial charge in [-0.15, -0.1) is 0 Å². The third-order valence-electron chi connectivity index (χ3n) is 3.10. The van der Waals surface area contributed by atoms with Crippen molar-refractivity contribution >= 4 is 22.6 Å². The SMILES string of the molecule is IC1CCCCCCC1OC1COC1. The van der Waals surface area contributed by atoms with Crippen molar-refractivity contribution in [1.29, 1.82) is 0 Å². The predicted octanol–water partition coefficient (Wildman–Crippen LogP) is 2.93. The fourth-order valence-electron chi connectivity index (χ4n) is 2.10. The van der Waals surface area contributed by atoms with Crippen LogP contribution in [0.1, 0.15) is 38.5 Å². The Bertz CT molecular complexity index is 171. The summed E-state index contributed by atoms with van der Waals surface area (Å²) in [5.41, 5.74) is 0. The molecule has 82 valence electrons. The van der Waals surface area contributed by atoms with Crippen LogP contribution < -0.4 is 0 Å². The van der Waals surface area contributed by atoms with Gasteiger partial charge in [0.15, 0.2) is 0 Å². The molecule has 1 saturated heterocycles. The molecule has 0 aromatic heterocycles. The summed E-state index contributed by atoms with van der Waals surface area (Å²) in [5, 5.41) is 0. The molecule has 2 fully saturated rings. The van der Waals surface area contributed by atoms with Crippen molar-refractivity contribution in [1.82, 2.24) is 0 Å². The molecule has 3 heteroatoms. The second kappa shape index (κ2) is 5.66. The monoisotopic (exact) mass is 310 g/mol. The number of alkyl halides is 1. The summed E-state index contributed by atoms with van der Waals surface area (Å²) in [4.78, 5) is 0. The summed E-state index contributed by atoms with van der Waals surface area (Å²) < 4.78 is 11.9. The predicted molar refractivity (Wildman–Crippen MR) is 65.0 cm³/mol. The molecular weight excluding hydrogens is 291 g/mol. The summed E-state index contributed by atoms with van der Waals surface area (Å²) in [5.74, 6) is 0. The molecule has 2 aliphatic rings. The molecule has 0 aromatic carbocycles. The maximum atomic E-state index is 6.04. The van der Waals surface area contributed by atoms with Gasteiger partial charge in [0.1, 0.15) is 6.10 Å². The third kappa shape index (κ3) is 3.07. The van der Waals surface area contributed by atoms with Crippen LogP contribution in [0.5, 0.6) is 0 Å². The van der Waals surface area contributed by atoms with Crippen molar-refractivity contribution in [3.63, 3.8) is 0 Å². The van der Waals surface area contributed by atoms with Gasteiger partial charge in [-0.05, 0) is 12.8 Å². The molecule has 1 saturated carbocycles. The first-order chi connectivity index (χ1) is 6.86. The van der Waals surface area contributed by atoms with E-state index in [1.165, 1.54) is 38.5 Å². The van der Waals surface area contributed by atoms with Gasteiger partial charge in [-0.2, -0.15) is 0 Å². The Kier molecular flexibility index (Phi) is 4.50. The molecule has 1 heterocycles. The molecule has 0 aromatic rings. The van der Waals surface area contributed by atoms with Crippen LogP contribution in [-0.4, -0.2) is 29.3 Å². The molecular formula is C11H19IO2. The Morgan fingerprint density at radius 3 is 2.36 bits per heavy atom. The Balaban J connectivity index is 1.78. The average Bonchev–Trinajstić information content (AvgIpc) is 2.08. The standard InChI is InChI=1S/C11H19IO2/c12-10-5-3-1-2-4-6-11(10)14-9-7-13-8-9/h9-11H,1-8H2. The highest BCUT2D eigenvalue weighted by molar-refractivity contribution is 14.1. The summed E-state index contributed by atoms with van der Waals surface area (Å²) >= 11 is 2.57. The molecule has 2 rings (SSSR count). The van der Waals surface area contributed by atoms with Gasteiger partial charge in [0.05, 0.1) is 19.3 Å². The second-order valence-corrected chi connectivity index (χ2v) is 5.94. The fourth-order valence-corrected chi connectivity index (χ4v) is 3.07. The molecule has 2 nitrogen and oxygen atoms in total. The zero-order chi connectivity index (χ0) is 9.80. The molecule has 0 amide bonds. The van der Waals surface area contributed by atoms with Crippen molar-refractivity contribution in [3.05, 3.63) is 0 Å². The van der Waals surface area contributed by atoms with Gasteiger partial charge in [0, 0.05) is 3.92 Å². The Labute approximate surface area is 99.9 Å². The lowest BCUT2D eigenvalue weighted by atomic mass is 9.98. The van der Waals surface area contributed by atoms with Crippen molar-refractivity contribution in [2.75, 3.05) is 13.2 Å². The molecule has 2 unspecified atom stereocenters. The lowest BCUT2D eigenvalue weighted by Crippen LogP contribution is -2.41. The Morgan fingerprint density at radius 1 is 1.00 bits per heavy atom. The summed E-state index contributed by atoms with van der Waals surface area (Å²) in [6.45, 7) is 1.64. The third-order valence-corrected chi connectivity index (χ3v) is 4.52. The van der Waals surface area contributed by atoms with Gasteiger partial charge >= 0.3 is 0 Å². The summed E-state index contributed by atoms with van der Waals surface area (Å²) in [6.07, 6.45) is 9.01. The molecule has 14 heavy (non-hydrogen) atoms. The van der Waals surface area contributed by atoms with E-state index in [-0.39, 0.29) is 0 Å². The van der Waals surface area contributed by atoms with E-state index < -0.39 is 0 Å². The normalized spacial score (nSPS) is 35.8. The Hall–Kier alpha value is 0.650. The van der Waals surface area contributed by atoms with Crippen LogP contribution in [0.2, 0.25) is 0 Å². The minimum atomic E-state index is 0.400. The zero-order valence-corrected chi connectivity index (χ0v) is 10.7. The topological polar surface area (TPSA) is 18.5 Å². The van der Waals surface area contributed by atoms with E-state index in [4.69, 9.17) is 9.47 Å². The Morgan fingerprint density at radius 2 is 1.71 bits per heavy atom. The maximum absolute atomic E-state index is 6.04. The minimum Gasteiger partial charge on any atom is -0.376 e. The first-order valence-electron chi connectivity index (χ1n) is 5.73. The van der Waals surface area contributed by atoms with Gasteiger partial charge in [-0.1, -0.05) is 48.3 Å². The van der Waals surface area contributed by atoms with Crippen LogP contribution in [-0.2, 0) is 9.47 Å². The van der Waals surface area contributed by atoms with Gasteiger partial charge in [0.25, 0.3) is 0 Å². The first-order valence-corrected chi connectivity index (χ1v) is 6.98. The highest BCUT2D eigenvalue weighted by atomic mass is 127. The largest absolute Gasteiger partial charge is 0.376 e. The van der Waals surface area contributed by atoms with Crippen molar-refractivity contribution in [2.24, 2.45) is 0 Å². The highest BCUT2D eigenvalue weighted by Crippen LogP contribution is 2.27. The lowest BCUT2D eigenvalue weighted by Gasteiger charge is -2.33.